The van der Waals surface area contributed by atoms with E-state index in [1.807, 2.05) is 11.0 Å². The highest BCUT2D eigenvalue weighted by atomic mass is 35.5. The summed E-state index contributed by atoms with van der Waals surface area (Å²) in [6.45, 7) is 1.41. The first-order valence-electron chi connectivity index (χ1n) is 5.90. The van der Waals surface area contributed by atoms with Crippen LogP contribution < -0.4 is 0 Å². The Hall–Kier alpha value is -0.810. The second-order valence-electron chi connectivity index (χ2n) is 4.11. The monoisotopic (exact) mass is 305 g/mol. The SMILES string of the molecule is COC(=O)CN(CCCO)Cc1ccc(Cl)c(Cl)c1. The lowest BCUT2D eigenvalue weighted by Crippen LogP contribution is -2.31. The standard InChI is InChI=1S/C13H17Cl2NO3/c1-19-13(18)9-16(5-2-6-17)8-10-3-4-11(14)12(15)7-10/h3-4,7,17H,2,5-6,8-9H2,1H3. The summed E-state index contributed by atoms with van der Waals surface area (Å²) in [6.07, 6.45) is 0.596. The summed E-state index contributed by atoms with van der Waals surface area (Å²) in [5.74, 6) is -0.307. The molecular formula is C13H17Cl2NO3. The third-order valence-corrected chi connectivity index (χ3v) is 3.34. The van der Waals surface area contributed by atoms with Gasteiger partial charge in [0.05, 0.1) is 23.7 Å². The number of halogens is 2. The van der Waals surface area contributed by atoms with Crippen molar-refractivity contribution in [2.75, 3.05) is 26.8 Å². The summed E-state index contributed by atoms with van der Waals surface area (Å²) < 4.78 is 4.65. The minimum absolute atomic E-state index is 0.0824. The summed E-state index contributed by atoms with van der Waals surface area (Å²) in [4.78, 5) is 13.2. The van der Waals surface area contributed by atoms with Crippen LogP contribution in [0.1, 0.15) is 12.0 Å². The highest BCUT2D eigenvalue weighted by Crippen LogP contribution is 2.23. The molecule has 0 atom stereocenters. The molecule has 4 nitrogen and oxygen atoms in total. The number of rotatable bonds is 7. The molecule has 0 unspecified atom stereocenters. The molecular weight excluding hydrogens is 289 g/mol. The summed E-state index contributed by atoms with van der Waals surface area (Å²) in [5.41, 5.74) is 0.955. The molecule has 106 valence electrons. The fraction of sp³-hybridized carbons (Fsp3) is 0.462. The molecule has 6 heteroatoms. The van der Waals surface area contributed by atoms with Crippen LogP contribution in [0, 0.1) is 0 Å². The highest BCUT2D eigenvalue weighted by Gasteiger charge is 2.12. The molecule has 0 aliphatic carbocycles. The summed E-state index contributed by atoms with van der Waals surface area (Å²) in [7, 11) is 1.35. The molecule has 1 aromatic rings. The van der Waals surface area contributed by atoms with E-state index in [0.717, 1.165) is 5.56 Å². The Morgan fingerprint density at radius 2 is 2.11 bits per heavy atom. The van der Waals surface area contributed by atoms with Gasteiger partial charge in [0, 0.05) is 19.7 Å². The van der Waals surface area contributed by atoms with Crippen LogP contribution in [-0.4, -0.2) is 42.8 Å². The third-order valence-electron chi connectivity index (χ3n) is 2.60. The van der Waals surface area contributed by atoms with Crippen molar-refractivity contribution >= 4 is 29.2 Å². The lowest BCUT2D eigenvalue weighted by molar-refractivity contribution is -0.142. The summed E-state index contributed by atoms with van der Waals surface area (Å²) >= 11 is 11.8. The lowest BCUT2D eigenvalue weighted by atomic mass is 10.2. The van der Waals surface area contributed by atoms with Crippen LogP contribution in [0.2, 0.25) is 10.0 Å². The minimum atomic E-state index is -0.307. The van der Waals surface area contributed by atoms with Gasteiger partial charge in [-0.25, -0.2) is 0 Å². The van der Waals surface area contributed by atoms with Crippen molar-refractivity contribution in [3.8, 4) is 0 Å². The number of nitrogens with zero attached hydrogens (tertiary/aromatic N) is 1. The number of aliphatic hydroxyl groups excluding tert-OH is 1. The van der Waals surface area contributed by atoms with E-state index < -0.39 is 0 Å². The van der Waals surface area contributed by atoms with Crippen LogP contribution in [0.4, 0.5) is 0 Å². The second-order valence-corrected chi connectivity index (χ2v) is 4.93. The van der Waals surface area contributed by atoms with Crippen LogP contribution >= 0.6 is 23.2 Å². The largest absolute Gasteiger partial charge is 0.468 e. The van der Waals surface area contributed by atoms with Crippen LogP contribution in [0.25, 0.3) is 0 Å². The fourth-order valence-corrected chi connectivity index (χ4v) is 1.97. The third kappa shape index (κ3) is 5.78. The quantitative estimate of drug-likeness (QED) is 0.786. The smallest absolute Gasteiger partial charge is 0.319 e. The van der Waals surface area contributed by atoms with Crippen LogP contribution in [0.15, 0.2) is 18.2 Å². The number of esters is 1. The molecule has 0 amide bonds. The molecule has 0 spiro atoms. The van der Waals surface area contributed by atoms with Crippen molar-refractivity contribution in [2.45, 2.75) is 13.0 Å². The van der Waals surface area contributed by atoms with E-state index >= 15 is 0 Å². The highest BCUT2D eigenvalue weighted by molar-refractivity contribution is 6.42. The maximum absolute atomic E-state index is 11.3. The van der Waals surface area contributed by atoms with E-state index in [9.17, 15) is 4.79 Å². The van der Waals surface area contributed by atoms with E-state index in [2.05, 4.69) is 4.74 Å². The molecule has 0 bridgehead atoms. The maximum Gasteiger partial charge on any atom is 0.319 e. The average molecular weight is 306 g/mol. The van der Waals surface area contributed by atoms with Gasteiger partial charge in [-0.05, 0) is 24.1 Å². The van der Waals surface area contributed by atoms with E-state index in [4.69, 9.17) is 28.3 Å². The Bertz CT molecular complexity index is 426. The first-order valence-corrected chi connectivity index (χ1v) is 6.66. The first-order chi connectivity index (χ1) is 9.06. The zero-order valence-corrected chi connectivity index (χ0v) is 12.2. The number of methoxy groups -OCH3 is 1. The number of benzene rings is 1. The van der Waals surface area contributed by atoms with Gasteiger partial charge in [-0.3, -0.25) is 9.69 Å². The Morgan fingerprint density at radius 3 is 2.68 bits per heavy atom. The molecule has 19 heavy (non-hydrogen) atoms. The van der Waals surface area contributed by atoms with Gasteiger partial charge in [0.15, 0.2) is 0 Å². The molecule has 0 saturated heterocycles. The van der Waals surface area contributed by atoms with Crippen LogP contribution in [-0.2, 0) is 16.1 Å². The molecule has 0 radical (unpaired) electrons. The van der Waals surface area contributed by atoms with Gasteiger partial charge >= 0.3 is 5.97 Å². The van der Waals surface area contributed by atoms with E-state index in [-0.39, 0.29) is 19.1 Å². The zero-order valence-electron chi connectivity index (χ0n) is 10.7. The van der Waals surface area contributed by atoms with Crippen molar-refractivity contribution < 1.29 is 14.6 Å². The number of carbonyl (C=O) groups excluding carboxylic acids is 1. The molecule has 1 N–H and O–H groups in total. The van der Waals surface area contributed by atoms with Gasteiger partial charge in [0.2, 0.25) is 0 Å². The van der Waals surface area contributed by atoms with Gasteiger partial charge in [-0.2, -0.15) is 0 Å². The molecule has 0 aromatic heterocycles. The molecule has 1 aromatic carbocycles. The topological polar surface area (TPSA) is 49.8 Å². The van der Waals surface area contributed by atoms with E-state index in [0.29, 0.717) is 29.6 Å². The summed E-state index contributed by atoms with van der Waals surface area (Å²) in [6, 6.07) is 5.35. The molecule has 0 heterocycles. The van der Waals surface area contributed by atoms with Crippen LogP contribution in [0.3, 0.4) is 0 Å². The molecule has 1 rings (SSSR count). The van der Waals surface area contributed by atoms with Crippen molar-refractivity contribution in [2.24, 2.45) is 0 Å². The zero-order chi connectivity index (χ0) is 14.3. The minimum Gasteiger partial charge on any atom is -0.468 e. The Morgan fingerprint density at radius 1 is 1.37 bits per heavy atom. The average Bonchev–Trinajstić information content (AvgIpc) is 2.40. The van der Waals surface area contributed by atoms with Crippen LogP contribution in [0.5, 0.6) is 0 Å². The number of aliphatic hydroxyl groups is 1. The predicted octanol–water partition coefficient (Wildman–Crippen LogP) is 2.35. The van der Waals surface area contributed by atoms with Crippen molar-refractivity contribution in [3.63, 3.8) is 0 Å². The van der Waals surface area contributed by atoms with E-state index in [1.54, 1.807) is 12.1 Å². The van der Waals surface area contributed by atoms with Gasteiger partial charge in [-0.15, -0.1) is 0 Å². The number of hydrogen-bond donors (Lipinski definition) is 1. The number of carbonyl (C=O) groups is 1. The Balaban J connectivity index is 2.69. The molecule has 0 saturated carbocycles. The number of ether oxygens (including phenoxy) is 1. The maximum atomic E-state index is 11.3. The van der Waals surface area contributed by atoms with Gasteiger partial charge in [0.1, 0.15) is 0 Å². The van der Waals surface area contributed by atoms with E-state index in [1.165, 1.54) is 7.11 Å². The molecule has 0 aliphatic heterocycles. The molecule has 0 aliphatic rings. The van der Waals surface area contributed by atoms with Gasteiger partial charge in [-0.1, -0.05) is 29.3 Å². The fourth-order valence-electron chi connectivity index (χ4n) is 1.65. The van der Waals surface area contributed by atoms with Gasteiger partial charge in [0.25, 0.3) is 0 Å². The van der Waals surface area contributed by atoms with Gasteiger partial charge < -0.3 is 9.84 Å². The normalized spacial score (nSPS) is 10.8. The number of hydrogen-bond acceptors (Lipinski definition) is 4. The van der Waals surface area contributed by atoms with Crippen molar-refractivity contribution in [3.05, 3.63) is 33.8 Å². The Labute approximate surface area is 122 Å². The lowest BCUT2D eigenvalue weighted by Gasteiger charge is -2.20. The predicted molar refractivity (Wildman–Crippen MR) is 75.5 cm³/mol. The second kappa shape index (κ2) is 8.38. The van der Waals surface area contributed by atoms with Crippen molar-refractivity contribution in [1.29, 1.82) is 0 Å². The molecule has 0 fully saturated rings. The van der Waals surface area contributed by atoms with Crippen molar-refractivity contribution in [1.82, 2.24) is 4.90 Å². The summed E-state index contributed by atoms with van der Waals surface area (Å²) in [5, 5.41) is 9.86. The Kier molecular flexibility index (Phi) is 7.16. The first kappa shape index (κ1) is 16.2.